The normalized spacial score (nSPS) is 9.08. The molecular weight excluding hydrogens is 146 g/mol. The van der Waals surface area contributed by atoms with Crippen LogP contribution in [0.15, 0.2) is 31.4 Å². The van der Waals surface area contributed by atoms with E-state index in [1.54, 1.807) is 0 Å². The van der Waals surface area contributed by atoms with Crippen LogP contribution in [0.1, 0.15) is 11.1 Å². The van der Waals surface area contributed by atoms with Gasteiger partial charge in [0, 0.05) is 18.3 Å². The van der Waals surface area contributed by atoms with E-state index in [1.165, 1.54) is 0 Å². The van der Waals surface area contributed by atoms with Crippen molar-refractivity contribution in [2.24, 2.45) is 0 Å². The molecule has 1 N–H and O–H groups in total. The number of hydrogen-bond donors (Lipinski definition) is 1. The number of nitrogens with one attached hydrogen (secondary N) is 1. The van der Waals surface area contributed by atoms with Crippen molar-refractivity contribution in [2.45, 2.75) is 0 Å². The molecule has 0 aromatic heterocycles. The summed E-state index contributed by atoms with van der Waals surface area (Å²) in [6.45, 7) is 7.50. The first kappa shape index (κ1) is 8.60. The summed E-state index contributed by atoms with van der Waals surface area (Å²) in [4.78, 5) is 0. The molecule has 0 saturated heterocycles. The molecule has 62 valence electrons. The molecule has 0 amide bonds. The molecule has 1 nitrogen and oxygen atoms in total. The zero-order valence-corrected chi connectivity index (χ0v) is 7.30. The van der Waals surface area contributed by atoms with Crippen molar-refractivity contribution in [3.8, 4) is 0 Å². The van der Waals surface area contributed by atoms with Crippen LogP contribution in [-0.4, -0.2) is 7.05 Å². The van der Waals surface area contributed by atoms with Crippen LogP contribution in [-0.2, 0) is 0 Å². The summed E-state index contributed by atoms with van der Waals surface area (Å²) in [5, 5.41) is 3.10. The maximum atomic E-state index is 3.76. The van der Waals surface area contributed by atoms with Gasteiger partial charge in [0.05, 0.1) is 0 Å². The van der Waals surface area contributed by atoms with Crippen LogP contribution in [0.25, 0.3) is 12.2 Å². The Balaban J connectivity index is 3.31. The van der Waals surface area contributed by atoms with Gasteiger partial charge in [0.1, 0.15) is 0 Å². The molecule has 0 radical (unpaired) electrons. The van der Waals surface area contributed by atoms with Gasteiger partial charge in [-0.3, -0.25) is 0 Å². The summed E-state index contributed by atoms with van der Waals surface area (Å²) < 4.78 is 0. The van der Waals surface area contributed by atoms with E-state index in [0.717, 1.165) is 16.8 Å². The number of rotatable bonds is 3. The van der Waals surface area contributed by atoms with Crippen LogP contribution in [0.4, 0.5) is 5.69 Å². The van der Waals surface area contributed by atoms with Gasteiger partial charge in [0.2, 0.25) is 0 Å². The van der Waals surface area contributed by atoms with Gasteiger partial charge in [-0.1, -0.05) is 37.4 Å². The van der Waals surface area contributed by atoms with Gasteiger partial charge in [-0.05, 0) is 11.6 Å². The predicted octanol–water partition coefficient (Wildman–Crippen LogP) is 3.01. The van der Waals surface area contributed by atoms with E-state index >= 15 is 0 Å². The minimum Gasteiger partial charge on any atom is -0.388 e. The molecule has 1 heteroatoms. The Labute approximate surface area is 73.4 Å². The SMILES string of the molecule is C=Cc1cccc(NC)c1C=C. The number of hydrogen-bond acceptors (Lipinski definition) is 1. The van der Waals surface area contributed by atoms with Crippen LogP contribution in [0.2, 0.25) is 0 Å². The van der Waals surface area contributed by atoms with Crippen molar-refractivity contribution < 1.29 is 0 Å². The first-order valence-corrected chi connectivity index (χ1v) is 3.89. The van der Waals surface area contributed by atoms with E-state index < -0.39 is 0 Å². The Morgan fingerprint density at radius 2 is 2.00 bits per heavy atom. The first-order chi connectivity index (χ1) is 5.83. The van der Waals surface area contributed by atoms with E-state index in [2.05, 4.69) is 18.5 Å². The molecule has 0 unspecified atom stereocenters. The fraction of sp³-hybridized carbons (Fsp3) is 0.0909. The van der Waals surface area contributed by atoms with Crippen molar-refractivity contribution in [2.75, 3.05) is 12.4 Å². The topological polar surface area (TPSA) is 12.0 Å². The molecule has 1 aromatic rings. The summed E-state index contributed by atoms with van der Waals surface area (Å²) in [5.74, 6) is 0. The molecule has 0 spiro atoms. The maximum absolute atomic E-state index is 3.76. The highest BCUT2D eigenvalue weighted by Gasteiger charge is 1.99. The first-order valence-electron chi connectivity index (χ1n) is 3.89. The minimum absolute atomic E-state index is 1.09. The summed E-state index contributed by atoms with van der Waals surface area (Å²) in [5.41, 5.74) is 3.30. The lowest BCUT2D eigenvalue weighted by Crippen LogP contribution is -1.92. The van der Waals surface area contributed by atoms with Gasteiger partial charge >= 0.3 is 0 Å². The van der Waals surface area contributed by atoms with Crippen LogP contribution in [0.5, 0.6) is 0 Å². The van der Waals surface area contributed by atoms with Gasteiger partial charge in [-0.25, -0.2) is 0 Å². The molecule has 1 aromatic carbocycles. The van der Waals surface area contributed by atoms with Crippen LogP contribution >= 0.6 is 0 Å². The molecule has 0 fully saturated rings. The molecule has 0 aliphatic rings. The monoisotopic (exact) mass is 159 g/mol. The Kier molecular flexibility index (Phi) is 2.70. The van der Waals surface area contributed by atoms with Crippen molar-refractivity contribution in [1.29, 1.82) is 0 Å². The molecule has 0 saturated carbocycles. The van der Waals surface area contributed by atoms with E-state index in [-0.39, 0.29) is 0 Å². The number of benzene rings is 1. The van der Waals surface area contributed by atoms with Crippen LogP contribution < -0.4 is 5.32 Å². The van der Waals surface area contributed by atoms with E-state index in [4.69, 9.17) is 0 Å². The number of anilines is 1. The smallest absolute Gasteiger partial charge is 0.0417 e. The standard InChI is InChI=1S/C11H13N/c1-4-9-7-6-8-11(12-3)10(9)5-2/h4-8,12H,1-2H2,3H3. The largest absolute Gasteiger partial charge is 0.388 e. The van der Waals surface area contributed by atoms with Gasteiger partial charge in [0.25, 0.3) is 0 Å². The lowest BCUT2D eigenvalue weighted by molar-refractivity contribution is 1.48. The third-order valence-electron chi connectivity index (χ3n) is 1.83. The Hall–Kier alpha value is -1.50. The van der Waals surface area contributed by atoms with E-state index in [0.29, 0.717) is 0 Å². The van der Waals surface area contributed by atoms with E-state index in [1.807, 2.05) is 37.4 Å². The van der Waals surface area contributed by atoms with Gasteiger partial charge < -0.3 is 5.32 Å². The average Bonchev–Trinajstić information content (AvgIpc) is 2.16. The highest BCUT2D eigenvalue weighted by atomic mass is 14.8. The van der Waals surface area contributed by atoms with Crippen molar-refractivity contribution in [3.63, 3.8) is 0 Å². The van der Waals surface area contributed by atoms with Crippen LogP contribution in [0, 0.1) is 0 Å². The van der Waals surface area contributed by atoms with Crippen molar-refractivity contribution in [3.05, 3.63) is 42.5 Å². The summed E-state index contributed by atoms with van der Waals surface area (Å²) >= 11 is 0. The predicted molar refractivity (Wildman–Crippen MR) is 56.2 cm³/mol. The molecule has 0 bridgehead atoms. The Bertz CT molecular complexity index is 300. The molecule has 1 rings (SSSR count). The summed E-state index contributed by atoms with van der Waals surface area (Å²) in [6, 6.07) is 6.03. The fourth-order valence-electron chi connectivity index (χ4n) is 1.21. The van der Waals surface area contributed by atoms with E-state index in [9.17, 15) is 0 Å². The second-order valence-electron chi connectivity index (χ2n) is 2.47. The molecule has 0 aliphatic heterocycles. The lowest BCUT2D eigenvalue weighted by atomic mass is 10.1. The van der Waals surface area contributed by atoms with Gasteiger partial charge in [-0.15, -0.1) is 0 Å². The Morgan fingerprint density at radius 1 is 1.25 bits per heavy atom. The van der Waals surface area contributed by atoms with Gasteiger partial charge in [-0.2, -0.15) is 0 Å². The molecule has 0 atom stereocenters. The zero-order valence-electron chi connectivity index (χ0n) is 7.30. The average molecular weight is 159 g/mol. The highest BCUT2D eigenvalue weighted by Crippen LogP contribution is 2.21. The fourth-order valence-corrected chi connectivity index (χ4v) is 1.21. The molecule has 12 heavy (non-hydrogen) atoms. The summed E-state index contributed by atoms with van der Waals surface area (Å²) in [6.07, 6.45) is 3.67. The van der Waals surface area contributed by atoms with Crippen molar-refractivity contribution >= 4 is 17.8 Å². The maximum Gasteiger partial charge on any atom is 0.0417 e. The minimum atomic E-state index is 1.09. The Morgan fingerprint density at radius 3 is 2.50 bits per heavy atom. The third kappa shape index (κ3) is 1.40. The second-order valence-corrected chi connectivity index (χ2v) is 2.47. The lowest BCUT2D eigenvalue weighted by Gasteiger charge is -2.07. The molecular formula is C11H13N. The second kappa shape index (κ2) is 3.77. The third-order valence-corrected chi connectivity index (χ3v) is 1.83. The molecule has 0 heterocycles. The van der Waals surface area contributed by atoms with Gasteiger partial charge in [0.15, 0.2) is 0 Å². The summed E-state index contributed by atoms with van der Waals surface area (Å²) in [7, 11) is 1.90. The zero-order chi connectivity index (χ0) is 8.97. The van der Waals surface area contributed by atoms with Crippen molar-refractivity contribution in [1.82, 2.24) is 0 Å². The highest BCUT2D eigenvalue weighted by molar-refractivity contribution is 5.74. The quantitative estimate of drug-likeness (QED) is 0.714. The molecule has 0 aliphatic carbocycles. The van der Waals surface area contributed by atoms with Crippen LogP contribution in [0.3, 0.4) is 0 Å².